The highest BCUT2D eigenvalue weighted by molar-refractivity contribution is 5.47. The van der Waals surface area contributed by atoms with E-state index in [9.17, 15) is 0 Å². The summed E-state index contributed by atoms with van der Waals surface area (Å²) in [6.45, 7) is 0. The first-order chi connectivity index (χ1) is 6.37. The highest BCUT2D eigenvalue weighted by Gasteiger charge is 2.63. The van der Waals surface area contributed by atoms with Gasteiger partial charge in [0.25, 0.3) is 0 Å². The van der Waals surface area contributed by atoms with Crippen molar-refractivity contribution in [3.8, 4) is 0 Å². The van der Waals surface area contributed by atoms with Crippen LogP contribution >= 0.6 is 0 Å². The fourth-order valence-electron chi connectivity index (χ4n) is 2.44. The van der Waals surface area contributed by atoms with Crippen molar-refractivity contribution in [1.29, 1.82) is 0 Å². The van der Waals surface area contributed by atoms with Gasteiger partial charge in [-0.25, -0.2) is 0 Å². The fraction of sp³-hybridized carbons (Fsp3) is 0.231. The lowest BCUT2D eigenvalue weighted by molar-refractivity contribution is 0.614. The molecule has 3 aliphatic rings. The summed E-state index contributed by atoms with van der Waals surface area (Å²) in [6, 6.07) is 0. The van der Waals surface area contributed by atoms with E-state index in [2.05, 4.69) is 61.4 Å². The Balaban J connectivity index is 1.92. The van der Waals surface area contributed by atoms with Gasteiger partial charge in [0, 0.05) is 10.8 Å². The summed E-state index contributed by atoms with van der Waals surface area (Å²) >= 11 is 0. The SMILES string of the molecule is [CH]1C=CC=CC12CC21[CH]C=CC=C1. The zero-order chi connectivity index (χ0) is 8.78. The second-order valence-electron chi connectivity index (χ2n) is 4.08. The molecular weight excluding hydrogens is 156 g/mol. The lowest BCUT2D eigenvalue weighted by Crippen LogP contribution is -2.12. The Hall–Kier alpha value is -1.04. The summed E-state index contributed by atoms with van der Waals surface area (Å²) in [6.07, 6.45) is 23.4. The molecule has 0 heteroatoms. The van der Waals surface area contributed by atoms with Crippen molar-refractivity contribution in [2.24, 2.45) is 10.8 Å². The summed E-state index contributed by atoms with van der Waals surface area (Å²) in [4.78, 5) is 0. The fourth-order valence-corrected chi connectivity index (χ4v) is 2.44. The van der Waals surface area contributed by atoms with Gasteiger partial charge >= 0.3 is 0 Å². The molecule has 1 fully saturated rings. The van der Waals surface area contributed by atoms with E-state index in [1.54, 1.807) is 0 Å². The van der Waals surface area contributed by atoms with Gasteiger partial charge in [0.05, 0.1) is 0 Å². The molecular formula is C13H12. The van der Waals surface area contributed by atoms with E-state index in [0.29, 0.717) is 10.8 Å². The third-order valence-corrected chi connectivity index (χ3v) is 3.35. The topological polar surface area (TPSA) is 0 Å². The molecule has 0 heterocycles. The summed E-state index contributed by atoms with van der Waals surface area (Å²) in [5, 5.41) is 0. The smallest absolute Gasteiger partial charge is 0.00596 e. The molecule has 0 N–H and O–H groups in total. The van der Waals surface area contributed by atoms with Crippen LogP contribution in [0.4, 0.5) is 0 Å². The molecule has 0 nitrogen and oxygen atoms in total. The lowest BCUT2D eigenvalue weighted by Gasteiger charge is -2.20. The molecule has 2 radical (unpaired) electrons. The second kappa shape index (κ2) is 2.25. The van der Waals surface area contributed by atoms with Gasteiger partial charge < -0.3 is 0 Å². The highest BCUT2D eigenvalue weighted by Crippen LogP contribution is 2.70. The standard InChI is InChI=1S/C13H12/c1-3-7-12(8-4-1)11-13(12)9-5-2-6-10-13/h1-10H,11H2. The van der Waals surface area contributed by atoms with E-state index >= 15 is 0 Å². The van der Waals surface area contributed by atoms with Crippen LogP contribution in [0.3, 0.4) is 0 Å². The summed E-state index contributed by atoms with van der Waals surface area (Å²) in [7, 11) is 0. The Morgan fingerprint density at radius 1 is 0.615 bits per heavy atom. The van der Waals surface area contributed by atoms with Crippen LogP contribution in [0.15, 0.2) is 48.6 Å². The van der Waals surface area contributed by atoms with Crippen LogP contribution < -0.4 is 0 Å². The average Bonchev–Trinajstić information content (AvgIpc) is 2.74. The van der Waals surface area contributed by atoms with E-state index < -0.39 is 0 Å². The third-order valence-electron chi connectivity index (χ3n) is 3.35. The van der Waals surface area contributed by atoms with E-state index in [-0.39, 0.29) is 0 Å². The van der Waals surface area contributed by atoms with E-state index in [4.69, 9.17) is 0 Å². The minimum Gasteiger partial charge on any atom is -0.0799 e. The van der Waals surface area contributed by atoms with Crippen LogP contribution in [-0.4, -0.2) is 0 Å². The lowest BCUT2D eigenvalue weighted by atomic mass is 9.83. The number of fused-ring (bicyclic) bond motifs is 1. The van der Waals surface area contributed by atoms with Gasteiger partial charge in [0.15, 0.2) is 0 Å². The average molecular weight is 168 g/mol. The number of hydrogen-bond donors (Lipinski definition) is 0. The molecule has 64 valence electrons. The molecule has 0 aromatic rings. The van der Waals surface area contributed by atoms with Crippen LogP contribution in [0.1, 0.15) is 6.42 Å². The molecule has 0 aliphatic heterocycles. The van der Waals surface area contributed by atoms with Crippen LogP contribution in [0.2, 0.25) is 0 Å². The first-order valence-electron chi connectivity index (χ1n) is 4.78. The van der Waals surface area contributed by atoms with Crippen molar-refractivity contribution in [2.45, 2.75) is 6.42 Å². The van der Waals surface area contributed by atoms with Crippen molar-refractivity contribution in [3.63, 3.8) is 0 Å². The summed E-state index contributed by atoms with van der Waals surface area (Å²) in [5.41, 5.74) is 0.617. The zero-order valence-corrected chi connectivity index (χ0v) is 7.48. The number of allylic oxidation sites excluding steroid dienone is 8. The highest BCUT2D eigenvalue weighted by atomic mass is 14.7. The van der Waals surface area contributed by atoms with E-state index in [0.717, 1.165) is 0 Å². The van der Waals surface area contributed by atoms with Gasteiger partial charge in [-0.3, -0.25) is 0 Å². The summed E-state index contributed by atoms with van der Waals surface area (Å²) < 4.78 is 0. The van der Waals surface area contributed by atoms with Crippen molar-refractivity contribution in [1.82, 2.24) is 0 Å². The van der Waals surface area contributed by atoms with Gasteiger partial charge in [0.2, 0.25) is 0 Å². The predicted octanol–water partition coefficient (Wildman–Crippen LogP) is 3.02. The van der Waals surface area contributed by atoms with Crippen LogP contribution in [0.5, 0.6) is 0 Å². The van der Waals surface area contributed by atoms with Gasteiger partial charge in [0.1, 0.15) is 0 Å². The minimum atomic E-state index is 0.309. The molecule has 3 aliphatic carbocycles. The Kier molecular flexibility index (Phi) is 1.28. The van der Waals surface area contributed by atoms with Gasteiger partial charge in [-0.1, -0.05) is 48.6 Å². The van der Waals surface area contributed by atoms with Crippen molar-refractivity contribution >= 4 is 0 Å². The molecule has 1 saturated carbocycles. The van der Waals surface area contributed by atoms with Crippen LogP contribution in [0.25, 0.3) is 0 Å². The summed E-state index contributed by atoms with van der Waals surface area (Å²) in [5.74, 6) is 0. The molecule has 0 bridgehead atoms. The molecule has 0 aromatic heterocycles. The van der Waals surface area contributed by atoms with Gasteiger partial charge in [-0.2, -0.15) is 0 Å². The molecule has 13 heavy (non-hydrogen) atoms. The Morgan fingerprint density at radius 3 is 1.54 bits per heavy atom. The molecule has 2 unspecified atom stereocenters. The maximum Gasteiger partial charge on any atom is 0.00596 e. The van der Waals surface area contributed by atoms with Gasteiger partial charge in [-0.15, -0.1) is 0 Å². The zero-order valence-electron chi connectivity index (χ0n) is 7.48. The Morgan fingerprint density at radius 2 is 1.15 bits per heavy atom. The normalized spacial score (nSPS) is 44.9. The first kappa shape index (κ1) is 7.37. The maximum atomic E-state index is 2.33. The first-order valence-corrected chi connectivity index (χ1v) is 4.78. The predicted molar refractivity (Wildman–Crippen MR) is 54.6 cm³/mol. The number of hydrogen-bond acceptors (Lipinski definition) is 0. The third kappa shape index (κ3) is 0.861. The van der Waals surface area contributed by atoms with Crippen molar-refractivity contribution < 1.29 is 0 Å². The van der Waals surface area contributed by atoms with Crippen molar-refractivity contribution in [3.05, 3.63) is 61.4 Å². The van der Waals surface area contributed by atoms with Crippen molar-refractivity contribution in [2.75, 3.05) is 0 Å². The molecule has 3 rings (SSSR count). The molecule has 0 amide bonds. The van der Waals surface area contributed by atoms with Crippen LogP contribution in [0, 0.1) is 23.7 Å². The molecule has 0 aromatic carbocycles. The monoisotopic (exact) mass is 168 g/mol. The molecule has 2 spiro atoms. The maximum absolute atomic E-state index is 2.33. The Bertz CT molecular complexity index is 309. The van der Waals surface area contributed by atoms with E-state index in [1.165, 1.54) is 6.42 Å². The Labute approximate surface area is 79.3 Å². The van der Waals surface area contributed by atoms with E-state index in [1.807, 2.05) is 0 Å². The number of rotatable bonds is 0. The molecule has 2 atom stereocenters. The second-order valence-corrected chi connectivity index (χ2v) is 4.08. The minimum absolute atomic E-state index is 0.309. The quantitative estimate of drug-likeness (QED) is 0.521. The van der Waals surface area contributed by atoms with Gasteiger partial charge in [-0.05, 0) is 19.3 Å². The molecule has 0 saturated heterocycles. The largest absolute Gasteiger partial charge is 0.0799 e. The van der Waals surface area contributed by atoms with Crippen LogP contribution in [-0.2, 0) is 0 Å².